The Balaban J connectivity index is 1.78. The lowest BCUT2D eigenvalue weighted by Crippen LogP contribution is -2.32. The topological polar surface area (TPSA) is 42.1 Å². The van der Waals surface area contributed by atoms with Crippen molar-refractivity contribution in [2.45, 2.75) is 25.3 Å². The van der Waals surface area contributed by atoms with Crippen molar-refractivity contribution < 1.29 is 0 Å². The van der Waals surface area contributed by atoms with E-state index in [2.05, 4.69) is 47.8 Å². The molecule has 98 valence electrons. The first-order chi connectivity index (χ1) is 8.63. The third-order valence-corrected chi connectivity index (χ3v) is 5.20. The molecule has 0 aromatic carbocycles. The third-order valence-electron chi connectivity index (χ3n) is 4.18. The second-order valence-corrected chi connectivity index (χ2v) is 7.23. The number of halogens is 2. The zero-order valence-electron chi connectivity index (χ0n) is 10.1. The molecular formula is C13H17Br2N3. The molecule has 0 spiro atoms. The molecule has 3 nitrogen and oxygen atoms in total. The second kappa shape index (κ2) is 5.10. The maximum absolute atomic E-state index is 6.07. The standard InChI is InChI=1S/C13H17Br2N3/c14-10-4-12(15)13(17-5-10)18-6-8-1-2-11(16)3-9(8)7-18/h4-5,8-9,11H,1-3,6-7,16H2/t8-,9+,11?/m1/s1. The van der Waals surface area contributed by atoms with Crippen LogP contribution in [0.4, 0.5) is 5.82 Å². The summed E-state index contributed by atoms with van der Waals surface area (Å²) in [6.45, 7) is 2.23. The van der Waals surface area contributed by atoms with Gasteiger partial charge >= 0.3 is 0 Å². The minimum atomic E-state index is 0.410. The highest BCUT2D eigenvalue weighted by atomic mass is 79.9. The summed E-state index contributed by atoms with van der Waals surface area (Å²) in [6, 6.07) is 2.48. The van der Waals surface area contributed by atoms with Crippen LogP contribution in [-0.2, 0) is 0 Å². The average Bonchev–Trinajstić information content (AvgIpc) is 2.71. The van der Waals surface area contributed by atoms with Crippen LogP contribution in [0.3, 0.4) is 0 Å². The molecule has 0 amide bonds. The van der Waals surface area contributed by atoms with Gasteiger partial charge in [0.25, 0.3) is 0 Å². The number of anilines is 1. The molecule has 1 unspecified atom stereocenters. The van der Waals surface area contributed by atoms with E-state index in [4.69, 9.17) is 5.73 Å². The number of nitrogens with zero attached hydrogens (tertiary/aromatic N) is 2. The van der Waals surface area contributed by atoms with Crippen LogP contribution in [-0.4, -0.2) is 24.1 Å². The first-order valence-corrected chi connectivity index (χ1v) is 8.03. The van der Waals surface area contributed by atoms with E-state index in [9.17, 15) is 0 Å². The van der Waals surface area contributed by atoms with Gasteiger partial charge in [-0.2, -0.15) is 0 Å². The fourth-order valence-corrected chi connectivity index (χ4v) is 4.52. The van der Waals surface area contributed by atoms with Gasteiger partial charge in [-0.25, -0.2) is 4.98 Å². The number of hydrogen-bond acceptors (Lipinski definition) is 3. The Kier molecular flexibility index (Phi) is 3.65. The molecule has 2 fully saturated rings. The third kappa shape index (κ3) is 2.45. The fraction of sp³-hybridized carbons (Fsp3) is 0.615. The van der Waals surface area contributed by atoms with Gasteiger partial charge in [-0.3, -0.25) is 0 Å². The van der Waals surface area contributed by atoms with Gasteiger partial charge in [0.1, 0.15) is 5.82 Å². The predicted octanol–water partition coefficient (Wildman–Crippen LogP) is 3.17. The van der Waals surface area contributed by atoms with Crippen LogP contribution in [0.5, 0.6) is 0 Å². The van der Waals surface area contributed by atoms with Crippen LogP contribution in [0.2, 0.25) is 0 Å². The average molecular weight is 375 g/mol. The Hall–Kier alpha value is -0.130. The van der Waals surface area contributed by atoms with Gasteiger partial charge in [0.15, 0.2) is 0 Å². The molecule has 1 saturated carbocycles. The second-order valence-electron chi connectivity index (χ2n) is 5.46. The summed E-state index contributed by atoms with van der Waals surface area (Å²) in [7, 11) is 0. The Morgan fingerprint density at radius 1 is 1.22 bits per heavy atom. The van der Waals surface area contributed by atoms with E-state index in [1.54, 1.807) is 0 Å². The van der Waals surface area contributed by atoms with Crippen LogP contribution in [0.15, 0.2) is 21.2 Å². The molecule has 1 aromatic rings. The monoisotopic (exact) mass is 373 g/mol. The van der Waals surface area contributed by atoms with Crippen molar-refractivity contribution in [3.63, 3.8) is 0 Å². The van der Waals surface area contributed by atoms with Crippen LogP contribution in [0.1, 0.15) is 19.3 Å². The van der Waals surface area contributed by atoms with Gasteiger partial charge in [0.2, 0.25) is 0 Å². The molecule has 18 heavy (non-hydrogen) atoms. The molecule has 5 heteroatoms. The van der Waals surface area contributed by atoms with Gasteiger partial charge in [-0.05, 0) is 69.0 Å². The number of pyridine rings is 1. The SMILES string of the molecule is NC1CC[C@@H]2CN(c3ncc(Br)cc3Br)C[C@@H]2C1. The first kappa shape index (κ1) is 12.9. The number of hydrogen-bond donors (Lipinski definition) is 1. The van der Waals surface area contributed by atoms with Crippen molar-refractivity contribution in [2.24, 2.45) is 17.6 Å². The largest absolute Gasteiger partial charge is 0.355 e. The summed E-state index contributed by atoms with van der Waals surface area (Å²) < 4.78 is 2.08. The van der Waals surface area contributed by atoms with E-state index in [0.29, 0.717) is 6.04 Å². The Bertz CT molecular complexity index is 452. The van der Waals surface area contributed by atoms with E-state index in [1.165, 1.54) is 19.3 Å². The highest BCUT2D eigenvalue weighted by Crippen LogP contribution is 2.39. The van der Waals surface area contributed by atoms with Gasteiger partial charge in [0.05, 0.1) is 4.47 Å². The van der Waals surface area contributed by atoms with Crippen molar-refractivity contribution in [1.29, 1.82) is 0 Å². The molecule has 2 aliphatic rings. The molecule has 1 aliphatic heterocycles. The molecule has 3 atom stereocenters. The minimum absolute atomic E-state index is 0.410. The van der Waals surface area contributed by atoms with E-state index in [1.807, 2.05) is 6.20 Å². The Labute approximate surface area is 124 Å². The van der Waals surface area contributed by atoms with Gasteiger partial charge in [0, 0.05) is 29.8 Å². The lowest BCUT2D eigenvalue weighted by atomic mass is 9.79. The predicted molar refractivity (Wildman–Crippen MR) is 80.7 cm³/mol. The maximum Gasteiger partial charge on any atom is 0.142 e. The van der Waals surface area contributed by atoms with Crippen LogP contribution in [0.25, 0.3) is 0 Å². The van der Waals surface area contributed by atoms with Crippen LogP contribution >= 0.6 is 31.9 Å². The zero-order chi connectivity index (χ0) is 12.7. The van der Waals surface area contributed by atoms with Crippen molar-refractivity contribution in [1.82, 2.24) is 4.98 Å². The molecule has 1 aliphatic carbocycles. The van der Waals surface area contributed by atoms with E-state index in [-0.39, 0.29) is 0 Å². The Morgan fingerprint density at radius 2 is 2.00 bits per heavy atom. The maximum atomic E-state index is 6.07. The molecule has 1 aromatic heterocycles. The van der Waals surface area contributed by atoms with Crippen molar-refractivity contribution >= 4 is 37.7 Å². The Morgan fingerprint density at radius 3 is 2.78 bits per heavy atom. The van der Waals surface area contributed by atoms with Crippen LogP contribution in [0, 0.1) is 11.8 Å². The molecule has 2 N–H and O–H groups in total. The quantitative estimate of drug-likeness (QED) is 0.820. The summed E-state index contributed by atoms with van der Waals surface area (Å²) in [4.78, 5) is 6.94. The summed E-state index contributed by atoms with van der Waals surface area (Å²) in [5.41, 5.74) is 6.07. The molecule has 0 bridgehead atoms. The van der Waals surface area contributed by atoms with Gasteiger partial charge < -0.3 is 10.6 Å². The highest BCUT2D eigenvalue weighted by Gasteiger charge is 2.37. The molecule has 3 rings (SSSR count). The van der Waals surface area contributed by atoms with Gasteiger partial charge in [-0.15, -0.1) is 0 Å². The molecule has 0 radical (unpaired) electrons. The van der Waals surface area contributed by atoms with Crippen LogP contribution < -0.4 is 10.6 Å². The fourth-order valence-electron chi connectivity index (χ4n) is 3.28. The van der Waals surface area contributed by atoms with Gasteiger partial charge in [-0.1, -0.05) is 0 Å². The van der Waals surface area contributed by atoms with E-state index < -0.39 is 0 Å². The molecule has 1 saturated heterocycles. The van der Waals surface area contributed by atoms with Crippen molar-refractivity contribution in [3.8, 4) is 0 Å². The summed E-state index contributed by atoms with van der Waals surface area (Å²) >= 11 is 7.06. The lowest BCUT2D eigenvalue weighted by Gasteiger charge is -2.27. The number of rotatable bonds is 1. The summed E-state index contributed by atoms with van der Waals surface area (Å²) in [6.07, 6.45) is 5.50. The smallest absolute Gasteiger partial charge is 0.142 e. The number of fused-ring (bicyclic) bond motifs is 1. The normalized spacial score (nSPS) is 31.5. The van der Waals surface area contributed by atoms with Crippen molar-refractivity contribution in [2.75, 3.05) is 18.0 Å². The van der Waals surface area contributed by atoms with Crippen molar-refractivity contribution in [3.05, 3.63) is 21.2 Å². The van der Waals surface area contributed by atoms with E-state index >= 15 is 0 Å². The number of nitrogens with two attached hydrogens (primary N) is 1. The summed E-state index contributed by atoms with van der Waals surface area (Å²) in [5.74, 6) is 2.63. The molecular weight excluding hydrogens is 358 g/mol. The zero-order valence-corrected chi connectivity index (χ0v) is 13.3. The molecule has 2 heterocycles. The number of aromatic nitrogens is 1. The minimum Gasteiger partial charge on any atom is -0.355 e. The highest BCUT2D eigenvalue weighted by molar-refractivity contribution is 9.11. The lowest BCUT2D eigenvalue weighted by molar-refractivity contribution is 0.271. The summed E-state index contributed by atoms with van der Waals surface area (Å²) in [5, 5.41) is 0. The first-order valence-electron chi connectivity index (χ1n) is 6.45. The van der Waals surface area contributed by atoms with E-state index in [0.717, 1.165) is 39.7 Å².